The molecule has 8 heteroatoms. The minimum atomic E-state index is -0.224. The number of aromatic nitrogens is 3. The molecular weight excluding hydrogens is 334 g/mol. The lowest BCUT2D eigenvalue weighted by Crippen LogP contribution is -2.23. The Balaban J connectivity index is 1.75. The van der Waals surface area contributed by atoms with Crippen molar-refractivity contribution in [2.45, 2.75) is 6.54 Å². The van der Waals surface area contributed by atoms with Crippen LogP contribution < -0.4 is 20.5 Å². The van der Waals surface area contributed by atoms with E-state index in [1.165, 1.54) is 0 Å². The molecule has 0 radical (unpaired) electrons. The van der Waals surface area contributed by atoms with Crippen LogP contribution in [-0.4, -0.2) is 35.3 Å². The second kappa shape index (κ2) is 7.56. The van der Waals surface area contributed by atoms with Gasteiger partial charge in [0.15, 0.2) is 5.82 Å². The number of anilines is 1. The molecule has 0 bridgehead atoms. The minimum Gasteiger partial charge on any atom is -0.496 e. The topological polar surface area (TPSA) is 115 Å². The lowest BCUT2D eigenvalue weighted by molar-refractivity contribution is 0.0950. The molecule has 26 heavy (non-hydrogen) atoms. The maximum atomic E-state index is 12.2. The fourth-order valence-electron chi connectivity index (χ4n) is 2.46. The van der Waals surface area contributed by atoms with Crippen LogP contribution in [0.2, 0.25) is 0 Å². The molecule has 0 saturated carbocycles. The van der Waals surface area contributed by atoms with Gasteiger partial charge in [0.05, 0.1) is 20.8 Å². The van der Waals surface area contributed by atoms with Gasteiger partial charge in [-0.3, -0.25) is 9.89 Å². The number of aromatic amines is 1. The quantitative estimate of drug-likeness (QED) is 0.584. The molecule has 0 saturated heterocycles. The molecule has 3 rings (SSSR count). The number of carbonyl (C=O) groups excluding carboxylic acids is 1. The monoisotopic (exact) mass is 353 g/mol. The lowest BCUT2D eigenvalue weighted by atomic mass is 10.1. The number of nitrogens with two attached hydrogens (primary N) is 1. The van der Waals surface area contributed by atoms with Crippen molar-refractivity contribution in [1.82, 2.24) is 20.5 Å². The average Bonchev–Trinajstić information content (AvgIpc) is 3.14. The van der Waals surface area contributed by atoms with Gasteiger partial charge in [0, 0.05) is 11.3 Å². The predicted molar refractivity (Wildman–Crippen MR) is 96.9 cm³/mol. The summed E-state index contributed by atoms with van der Waals surface area (Å²) in [5.41, 5.74) is 7.39. The summed E-state index contributed by atoms with van der Waals surface area (Å²) in [5.74, 6) is 1.91. The van der Waals surface area contributed by atoms with Crippen molar-refractivity contribution < 1.29 is 14.3 Å². The molecule has 1 amide bonds. The minimum absolute atomic E-state index is 0.202. The van der Waals surface area contributed by atoms with E-state index in [4.69, 9.17) is 15.2 Å². The number of H-pyrrole nitrogens is 1. The van der Waals surface area contributed by atoms with E-state index in [0.29, 0.717) is 40.0 Å². The van der Waals surface area contributed by atoms with E-state index in [2.05, 4.69) is 20.5 Å². The molecule has 1 heterocycles. The average molecular weight is 353 g/mol. The molecule has 0 aliphatic heterocycles. The molecule has 0 spiro atoms. The largest absolute Gasteiger partial charge is 0.496 e. The third kappa shape index (κ3) is 3.59. The molecular formula is C18H19N5O3. The van der Waals surface area contributed by atoms with Crippen LogP contribution in [0.4, 0.5) is 5.69 Å². The van der Waals surface area contributed by atoms with Gasteiger partial charge >= 0.3 is 0 Å². The zero-order chi connectivity index (χ0) is 18.5. The third-order valence-electron chi connectivity index (χ3n) is 3.77. The fraction of sp³-hybridized carbons (Fsp3) is 0.167. The van der Waals surface area contributed by atoms with E-state index >= 15 is 0 Å². The molecule has 0 unspecified atom stereocenters. The van der Waals surface area contributed by atoms with Crippen LogP contribution in [0.25, 0.3) is 11.4 Å². The number of rotatable bonds is 6. The number of nitrogen functional groups attached to an aromatic ring is 1. The second-order valence-corrected chi connectivity index (χ2v) is 5.45. The molecule has 0 aliphatic rings. The first-order valence-corrected chi connectivity index (χ1v) is 7.88. The Morgan fingerprint density at radius 3 is 2.38 bits per heavy atom. The van der Waals surface area contributed by atoms with Crippen molar-refractivity contribution in [2.75, 3.05) is 20.0 Å². The number of carbonyl (C=O) groups is 1. The normalized spacial score (nSPS) is 10.4. The summed E-state index contributed by atoms with van der Waals surface area (Å²) in [4.78, 5) is 16.6. The fourth-order valence-corrected chi connectivity index (χ4v) is 2.46. The molecule has 2 aromatic carbocycles. The molecule has 134 valence electrons. The van der Waals surface area contributed by atoms with E-state index in [9.17, 15) is 4.79 Å². The first-order chi connectivity index (χ1) is 12.6. The highest BCUT2D eigenvalue weighted by atomic mass is 16.5. The molecule has 0 aliphatic carbocycles. The van der Waals surface area contributed by atoms with Crippen LogP contribution in [0.3, 0.4) is 0 Å². The summed E-state index contributed by atoms with van der Waals surface area (Å²) in [5, 5.41) is 9.80. The first kappa shape index (κ1) is 17.3. The van der Waals surface area contributed by atoms with Crippen LogP contribution in [0.5, 0.6) is 11.5 Å². The van der Waals surface area contributed by atoms with Crippen molar-refractivity contribution in [3.8, 4) is 22.9 Å². The zero-order valence-electron chi connectivity index (χ0n) is 14.4. The number of benzene rings is 2. The van der Waals surface area contributed by atoms with Gasteiger partial charge in [0.2, 0.25) is 0 Å². The Morgan fingerprint density at radius 2 is 1.77 bits per heavy atom. The van der Waals surface area contributed by atoms with Crippen molar-refractivity contribution >= 4 is 11.6 Å². The van der Waals surface area contributed by atoms with Crippen LogP contribution in [0.1, 0.15) is 16.2 Å². The highest BCUT2D eigenvalue weighted by Gasteiger charge is 2.17. The van der Waals surface area contributed by atoms with E-state index in [-0.39, 0.29) is 12.5 Å². The Kier molecular flexibility index (Phi) is 5.02. The van der Waals surface area contributed by atoms with Gasteiger partial charge < -0.3 is 20.5 Å². The summed E-state index contributed by atoms with van der Waals surface area (Å²) in [7, 11) is 3.14. The van der Waals surface area contributed by atoms with Gasteiger partial charge in [-0.15, -0.1) is 0 Å². The molecule has 0 fully saturated rings. The highest BCUT2D eigenvalue weighted by Crippen LogP contribution is 2.36. The number of nitrogens with one attached hydrogen (secondary N) is 2. The highest BCUT2D eigenvalue weighted by molar-refractivity contribution is 5.94. The Hall–Kier alpha value is -3.55. The zero-order valence-corrected chi connectivity index (χ0v) is 14.4. The van der Waals surface area contributed by atoms with Gasteiger partial charge in [0.1, 0.15) is 22.9 Å². The summed E-state index contributed by atoms with van der Waals surface area (Å²) >= 11 is 0. The van der Waals surface area contributed by atoms with Crippen LogP contribution >= 0.6 is 0 Å². The second-order valence-electron chi connectivity index (χ2n) is 5.45. The summed E-state index contributed by atoms with van der Waals surface area (Å²) < 4.78 is 10.7. The van der Waals surface area contributed by atoms with Gasteiger partial charge in [0.25, 0.3) is 5.91 Å². The number of methoxy groups -OCH3 is 2. The van der Waals surface area contributed by atoms with E-state index in [0.717, 1.165) is 0 Å². The number of hydrogen-bond donors (Lipinski definition) is 3. The molecule has 8 nitrogen and oxygen atoms in total. The summed E-state index contributed by atoms with van der Waals surface area (Å²) in [6.07, 6.45) is 0. The maximum absolute atomic E-state index is 12.2. The first-order valence-electron chi connectivity index (χ1n) is 7.88. The molecule has 0 atom stereocenters. The SMILES string of the molecule is COc1cccc(OC)c1-c1n[nH]c(CNC(=O)c2ccc(N)cc2)n1. The predicted octanol–water partition coefficient (Wildman–Crippen LogP) is 2.00. The molecule has 4 N–H and O–H groups in total. The van der Waals surface area contributed by atoms with Gasteiger partial charge in [-0.25, -0.2) is 4.98 Å². The number of nitrogens with zero attached hydrogens (tertiary/aromatic N) is 2. The molecule has 3 aromatic rings. The van der Waals surface area contributed by atoms with Gasteiger partial charge in [-0.2, -0.15) is 5.10 Å². The summed E-state index contributed by atoms with van der Waals surface area (Å²) in [6, 6.07) is 12.1. The third-order valence-corrected chi connectivity index (χ3v) is 3.77. The lowest BCUT2D eigenvalue weighted by Gasteiger charge is -2.09. The van der Waals surface area contributed by atoms with Gasteiger partial charge in [-0.05, 0) is 36.4 Å². The van der Waals surface area contributed by atoms with Crippen molar-refractivity contribution in [3.05, 3.63) is 53.9 Å². The smallest absolute Gasteiger partial charge is 0.251 e. The standard InChI is InChI=1S/C18H19N5O3/c1-25-13-4-3-5-14(26-2)16(13)17-21-15(22-23-17)10-20-18(24)11-6-8-12(19)9-7-11/h3-9H,10,19H2,1-2H3,(H,20,24)(H,21,22,23). The Morgan fingerprint density at radius 1 is 1.12 bits per heavy atom. The van der Waals surface area contributed by atoms with E-state index < -0.39 is 0 Å². The Bertz CT molecular complexity index is 883. The van der Waals surface area contributed by atoms with Crippen molar-refractivity contribution in [3.63, 3.8) is 0 Å². The van der Waals surface area contributed by atoms with E-state index in [1.54, 1.807) is 50.6 Å². The number of amides is 1. The van der Waals surface area contributed by atoms with E-state index in [1.807, 2.05) is 6.07 Å². The van der Waals surface area contributed by atoms with Crippen molar-refractivity contribution in [1.29, 1.82) is 0 Å². The van der Waals surface area contributed by atoms with Gasteiger partial charge in [-0.1, -0.05) is 6.07 Å². The Labute approximate surface area is 150 Å². The van der Waals surface area contributed by atoms with Crippen LogP contribution in [0, 0.1) is 0 Å². The van der Waals surface area contributed by atoms with Crippen molar-refractivity contribution in [2.24, 2.45) is 0 Å². The maximum Gasteiger partial charge on any atom is 0.251 e. The van der Waals surface area contributed by atoms with Crippen LogP contribution in [0.15, 0.2) is 42.5 Å². The molecule has 1 aromatic heterocycles. The van der Waals surface area contributed by atoms with Crippen LogP contribution in [-0.2, 0) is 6.54 Å². The summed E-state index contributed by atoms with van der Waals surface area (Å²) in [6.45, 7) is 0.202. The number of ether oxygens (including phenoxy) is 2. The number of hydrogen-bond acceptors (Lipinski definition) is 6.